The molecule has 2 rings (SSSR count). The van der Waals surface area contributed by atoms with Gasteiger partial charge in [0.2, 0.25) is 0 Å². The van der Waals surface area contributed by atoms with E-state index < -0.39 is 21.8 Å². The van der Waals surface area contributed by atoms with Crippen LogP contribution in [-0.2, 0) is 14.6 Å². The van der Waals surface area contributed by atoms with Crippen molar-refractivity contribution in [2.75, 3.05) is 24.6 Å². The zero-order valence-corrected chi connectivity index (χ0v) is 10.7. The van der Waals surface area contributed by atoms with Crippen molar-refractivity contribution < 1.29 is 18.3 Å². The van der Waals surface area contributed by atoms with Gasteiger partial charge in [0.15, 0.2) is 9.84 Å². The molecule has 0 aromatic carbocycles. The third kappa shape index (κ3) is 2.85. The van der Waals surface area contributed by atoms with Crippen LogP contribution < -0.4 is 0 Å². The first-order chi connectivity index (χ1) is 7.99. The van der Waals surface area contributed by atoms with Gasteiger partial charge in [0.1, 0.15) is 6.04 Å². The Morgan fingerprint density at radius 2 is 2.06 bits per heavy atom. The Kier molecular flexibility index (Phi) is 3.50. The number of hydrogen-bond donors (Lipinski definition) is 1. The van der Waals surface area contributed by atoms with Crippen molar-refractivity contribution in [3.8, 4) is 0 Å². The lowest BCUT2D eigenvalue weighted by molar-refractivity contribution is -0.143. The molecule has 1 aromatic rings. The van der Waals surface area contributed by atoms with Crippen molar-refractivity contribution in [1.82, 2.24) is 4.90 Å². The standard InChI is InChI=1S/C10H13NO4S2/c12-10(13)9(8-2-1-5-16-8)11-3-6-17(14,15)7-4-11/h1-2,5,9H,3-4,6-7H2,(H,12,13). The average Bonchev–Trinajstić information content (AvgIpc) is 2.74. The Balaban J connectivity index is 2.17. The highest BCUT2D eigenvalue weighted by molar-refractivity contribution is 7.91. The van der Waals surface area contributed by atoms with Crippen molar-refractivity contribution in [2.45, 2.75) is 6.04 Å². The summed E-state index contributed by atoms with van der Waals surface area (Å²) in [6, 6.07) is 2.86. The topological polar surface area (TPSA) is 74.7 Å². The van der Waals surface area contributed by atoms with Gasteiger partial charge in [-0.1, -0.05) is 6.07 Å². The number of sulfone groups is 1. The van der Waals surface area contributed by atoms with Crippen LogP contribution in [0.4, 0.5) is 0 Å². The van der Waals surface area contributed by atoms with E-state index in [9.17, 15) is 18.3 Å². The van der Waals surface area contributed by atoms with Gasteiger partial charge < -0.3 is 5.11 Å². The quantitative estimate of drug-likeness (QED) is 0.874. The van der Waals surface area contributed by atoms with Gasteiger partial charge in [-0.3, -0.25) is 9.69 Å². The van der Waals surface area contributed by atoms with Gasteiger partial charge in [0, 0.05) is 18.0 Å². The van der Waals surface area contributed by atoms with Crippen LogP contribution in [0.25, 0.3) is 0 Å². The van der Waals surface area contributed by atoms with E-state index in [-0.39, 0.29) is 24.6 Å². The molecule has 94 valence electrons. The summed E-state index contributed by atoms with van der Waals surface area (Å²) in [6.07, 6.45) is 0. The first kappa shape index (κ1) is 12.5. The molecule has 17 heavy (non-hydrogen) atoms. The number of carboxylic acid groups (broad SMARTS) is 1. The van der Waals surface area contributed by atoms with Gasteiger partial charge in [-0.15, -0.1) is 11.3 Å². The molecule has 0 aliphatic carbocycles. The van der Waals surface area contributed by atoms with Gasteiger partial charge in [0.25, 0.3) is 0 Å². The van der Waals surface area contributed by atoms with Crippen molar-refractivity contribution in [2.24, 2.45) is 0 Å². The molecule has 2 heterocycles. The highest BCUT2D eigenvalue weighted by Gasteiger charge is 2.32. The predicted molar refractivity (Wildman–Crippen MR) is 64.9 cm³/mol. The SMILES string of the molecule is O=C(O)C(c1cccs1)N1CCS(=O)(=O)CC1. The average molecular weight is 275 g/mol. The second-order valence-corrected chi connectivity index (χ2v) is 7.23. The second kappa shape index (κ2) is 4.75. The monoisotopic (exact) mass is 275 g/mol. The number of hydrogen-bond acceptors (Lipinski definition) is 5. The molecule has 0 bridgehead atoms. The van der Waals surface area contributed by atoms with Gasteiger partial charge in [-0.2, -0.15) is 0 Å². The smallest absolute Gasteiger partial charge is 0.326 e. The molecule has 1 fully saturated rings. The number of carbonyl (C=O) groups is 1. The minimum Gasteiger partial charge on any atom is -0.480 e. The zero-order chi connectivity index (χ0) is 12.5. The third-order valence-electron chi connectivity index (χ3n) is 2.79. The largest absolute Gasteiger partial charge is 0.480 e. The van der Waals surface area contributed by atoms with Crippen LogP contribution in [-0.4, -0.2) is 49.0 Å². The fourth-order valence-electron chi connectivity index (χ4n) is 1.89. The maximum atomic E-state index is 11.3. The first-order valence-electron chi connectivity index (χ1n) is 5.20. The number of nitrogens with zero attached hydrogens (tertiary/aromatic N) is 1. The molecule has 1 aliphatic heterocycles. The molecule has 1 aliphatic rings. The lowest BCUT2D eigenvalue weighted by atomic mass is 10.2. The number of carboxylic acids is 1. The van der Waals surface area contributed by atoms with E-state index in [4.69, 9.17) is 0 Å². The van der Waals surface area contributed by atoms with Crippen LogP contribution in [0.2, 0.25) is 0 Å². The molecular formula is C10H13NO4S2. The van der Waals surface area contributed by atoms with Crippen LogP contribution in [0.5, 0.6) is 0 Å². The maximum Gasteiger partial charge on any atom is 0.326 e. The fraction of sp³-hybridized carbons (Fsp3) is 0.500. The summed E-state index contributed by atoms with van der Waals surface area (Å²) < 4.78 is 22.6. The molecule has 1 aromatic heterocycles. The van der Waals surface area contributed by atoms with E-state index >= 15 is 0 Å². The van der Waals surface area contributed by atoms with Crippen molar-refractivity contribution in [3.63, 3.8) is 0 Å². The Bertz CT molecular complexity index is 480. The molecule has 0 amide bonds. The zero-order valence-electron chi connectivity index (χ0n) is 9.07. The van der Waals surface area contributed by atoms with Crippen molar-refractivity contribution in [3.05, 3.63) is 22.4 Å². The first-order valence-corrected chi connectivity index (χ1v) is 7.90. The minimum atomic E-state index is -2.97. The van der Waals surface area contributed by atoms with Crippen molar-refractivity contribution in [1.29, 1.82) is 0 Å². The normalized spacial score (nSPS) is 22.1. The Hall–Kier alpha value is -0.920. The molecular weight excluding hydrogens is 262 g/mol. The summed E-state index contributed by atoms with van der Waals surface area (Å²) >= 11 is 1.38. The van der Waals surface area contributed by atoms with Gasteiger partial charge in [0.05, 0.1) is 11.5 Å². The molecule has 1 unspecified atom stereocenters. The van der Waals surface area contributed by atoms with Crippen LogP contribution in [0.15, 0.2) is 17.5 Å². The predicted octanol–water partition coefficient (Wildman–Crippen LogP) is 0.604. The summed E-state index contributed by atoms with van der Waals surface area (Å²) in [4.78, 5) is 13.7. The molecule has 0 radical (unpaired) electrons. The van der Waals surface area contributed by atoms with Crippen LogP contribution in [0.3, 0.4) is 0 Å². The highest BCUT2D eigenvalue weighted by atomic mass is 32.2. The molecule has 1 N–H and O–H groups in total. The van der Waals surface area contributed by atoms with Crippen LogP contribution >= 0.6 is 11.3 Å². The van der Waals surface area contributed by atoms with E-state index in [1.807, 2.05) is 5.38 Å². The highest BCUT2D eigenvalue weighted by Crippen LogP contribution is 2.26. The second-order valence-electron chi connectivity index (χ2n) is 3.94. The Labute approximate surface area is 104 Å². The molecule has 0 spiro atoms. The Morgan fingerprint density at radius 1 is 1.41 bits per heavy atom. The van der Waals surface area contributed by atoms with E-state index in [1.54, 1.807) is 17.0 Å². The van der Waals surface area contributed by atoms with Gasteiger partial charge >= 0.3 is 5.97 Å². The van der Waals surface area contributed by atoms with E-state index in [0.717, 1.165) is 4.88 Å². The minimum absolute atomic E-state index is 0.0438. The molecule has 1 atom stereocenters. The molecule has 0 saturated carbocycles. The lowest BCUT2D eigenvalue weighted by Crippen LogP contribution is -2.44. The van der Waals surface area contributed by atoms with Gasteiger partial charge in [-0.25, -0.2) is 8.42 Å². The Morgan fingerprint density at radius 3 is 2.53 bits per heavy atom. The molecule has 7 heteroatoms. The summed E-state index contributed by atoms with van der Waals surface area (Å²) in [5.74, 6) is -0.837. The third-order valence-corrected chi connectivity index (χ3v) is 5.32. The van der Waals surface area contributed by atoms with E-state index in [0.29, 0.717) is 0 Å². The van der Waals surface area contributed by atoms with Gasteiger partial charge in [-0.05, 0) is 11.4 Å². The molecule has 1 saturated heterocycles. The number of aliphatic carboxylic acids is 1. The summed E-state index contributed by atoms with van der Waals surface area (Å²) in [7, 11) is -2.97. The van der Waals surface area contributed by atoms with Crippen LogP contribution in [0, 0.1) is 0 Å². The lowest BCUT2D eigenvalue weighted by Gasteiger charge is -2.31. The summed E-state index contributed by atoms with van der Waals surface area (Å²) in [6.45, 7) is 0.578. The summed E-state index contributed by atoms with van der Waals surface area (Å²) in [5.41, 5.74) is 0. The number of rotatable bonds is 3. The molecule has 5 nitrogen and oxygen atoms in total. The fourth-order valence-corrected chi connectivity index (χ4v) is 3.97. The summed E-state index contributed by atoms with van der Waals surface area (Å²) in [5, 5.41) is 11.1. The van der Waals surface area contributed by atoms with E-state index in [1.165, 1.54) is 11.3 Å². The van der Waals surface area contributed by atoms with Crippen LogP contribution in [0.1, 0.15) is 10.9 Å². The number of thiophene rings is 1. The maximum absolute atomic E-state index is 11.3. The van der Waals surface area contributed by atoms with E-state index in [2.05, 4.69) is 0 Å². The van der Waals surface area contributed by atoms with Crippen molar-refractivity contribution >= 4 is 27.1 Å².